The summed E-state index contributed by atoms with van der Waals surface area (Å²) in [6, 6.07) is 0.319. The Kier molecular flexibility index (Phi) is 2.92. The quantitative estimate of drug-likeness (QED) is 0.625. The highest BCUT2D eigenvalue weighted by atomic mass is 16.3. The third-order valence-electron chi connectivity index (χ3n) is 10.5. The number of piperidine rings is 1. The van der Waals surface area contributed by atoms with E-state index in [1.165, 1.54) is 0 Å². The number of hydrogen-bond acceptors (Lipinski definition) is 4. The van der Waals surface area contributed by atoms with Gasteiger partial charge >= 0.3 is 0 Å². The van der Waals surface area contributed by atoms with Gasteiger partial charge in [0.05, 0.1) is 18.3 Å². The number of fused-ring (bicyclic) bond motifs is 2. The molecule has 1 aliphatic heterocycles. The molecule has 7 aliphatic rings. The zero-order valence-electron chi connectivity index (χ0n) is 16.1. The van der Waals surface area contributed by atoms with Crippen LogP contribution in [0.3, 0.4) is 0 Å². The lowest BCUT2D eigenvalue weighted by Gasteiger charge is -2.69. The van der Waals surface area contributed by atoms with Crippen molar-refractivity contribution < 1.29 is 15.3 Å². The van der Waals surface area contributed by atoms with Crippen molar-refractivity contribution in [1.29, 1.82) is 0 Å². The molecule has 6 saturated carbocycles. The van der Waals surface area contributed by atoms with Crippen LogP contribution in [-0.4, -0.2) is 57.7 Å². The molecule has 0 unspecified atom stereocenters. The topological polar surface area (TPSA) is 63.9 Å². The Morgan fingerprint density at radius 3 is 2.69 bits per heavy atom. The highest BCUT2D eigenvalue weighted by molar-refractivity contribution is 5.39. The number of hydrogen-bond donors (Lipinski definition) is 3. The second kappa shape index (κ2) is 4.59. The summed E-state index contributed by atoms with van der Waals surface area (Å²) in [7, 11) is 0. The monoisotopic (exact) mass is 359 g/mol. The van der Waals surface area contributed by atoms with Gasteiger partial charge in [-0.25, -0.2) is 0 Å². The SMILES string of the molecule is C=C1[C@H]2CC[C@@]3([C@@H]1O)[C@@H]([C@H]2O)[C@]12[C@@H]4C[C@H]3[C@H]1N(CC)C[C@]4(C)CC[C@@H]2O. The smallest absolute Gasteiger partial charge is 0.0814 e. The van der Waals surface area contributed by atoms with Crippen molar-refractivity contribution in [1.82, 2.24) is 4.90 Å². The molecule has 1 heterocycles. The van der Waals surface area contributed by atoms with Crippen LogP contribution in [0.15, 0.2) is 12.2 Å². The van der Waals surface area contributed by atoms with Crippen molar-refractivity contribution >= 4 is 0 Å². The van der Waals surface area contributed by atoms with E-state index in [1.807, 2.05) is 0 Å². The van der Waals surface area contributed by atoms with Gasteiger partial charge in [-0.1, -0.05) is 20.4 Å². The molecule has 7 bridgehead atoms. The molecule has 6 aliphatic carbocycles. The molecule has 0 aromatic heterocycles. The zero-order valence-corrected chi connectivity index (χ0v) is 16.1. The highest BCUT2D eigenvalue weighted by Crippen LogP contribution is 2.83. The van der Waals surface area contributed by atoms with Crippen LogP contribution in [0, 0.1) is 39.9 Å². The van der Waals surface area contributed by atoms with Gasteiger partial charge in [-0.3, -0.25) is 4.90 Å². The molecule has 4 heteroatoms. The molecular weight excluding hydrogens is 326 g/mol. The maximum atomic E-state index is 11.5. The Labute approximate surface area is 156 Å². The van der Waals surface area contributed by atoms with Gasteiger partial charge in [0.15, 0.2) is 0 Å². The maximum absolute atomic E-state index is 11.5. The average molecular weight is 360 g/mol. The highest BCUT2D eigenvalue weighted by Gasteiger charge is 2.86. The molecule has 1 saturated heterocycles. The van der Waals surface area contributed by atoms with Gasteiger partial charge < -0.3 is 15.3 Å². The summed E-state index contributed by atoms with van der Waals surface area (Å²) in [6.45, 7) is 11.0. The molecule has 4 nitrogen and oxygen atoms in total. The van der Waals surface area contributed by atoms with E-state index in [1.54, 1.807) is 0 Å². The standard InChI is InChI=1S/C22H33NO3/c1-4-23-10-20(3)7-6-15(24)22-14(20)9-13(18(22)23)21-8-5-12(11(2)19(21)26)16(25)17(21)22/h12-19,24-26H,2,4-10H2,1,3H3/t12-,13+,14-,15+,16+,17-,18-,19-,20+,21+,22-/m1/s1. The molecule has 3 N–H and O–H groups in total. The minimum absolute atomic E-state index is 0.0155. The molecule has 0 aromatic rings. The van der Waals surface area contributed by atoms with E-state index in [4.69, 9.17) is 0 Å². The van der Waals surface area contributed by atoms with Gasteiger partial charge in [0.1, 0.15) is 0 Å². The van der Waals surface area contributed by atoms with Crippen molar-refractivity contribution in [3.05, 3.63) is 12.2 Å². The lowest BCUT2D eigenvalue weighted by Crippen LogP contribution is -2.72. The average Bonchev–Trinajstić information content (AvgIpc) is 3.06. The lowest BCUT2D eigenvalue weighted by molar-refractivity contribution is -0.256. The number of rotatable bonds is 1. The summed E-state index contributed by atoms with van der Waals surface area (Å²) in [5, 5.41) is 34.4. The number of nitrogens with zero attached hydrogens (tertiary/aromatic N) is 1. The van der Waals surface area contributed by atoms with Crippen molar-refractivity contribution in [3.63, 3.8) is 0 Å². The molecule has 0 aromatic carbocycles. The second-order valence-corrected chi connectivity index (χ2v) is 10.8. The Balaban J connectivity index is 1.63. The van der Waals surface area contributed by atoms with E-state index in [-0.39, 0.29) is 34.2 Å². The fourth-order valence-corrected chi connectivity index (χ4v) is 10.0. The first-order valence-corrected chi connectivity index (χ1v) is 10.8. The van der Waals surface area contributed by atoms with Crippen LogP contribution < -0.4 is 0 Å². The molecule has 144 valence electrons. The second-order valence-electron chi connectivity index (χ2n) is 10.8. The van der Waals surface area contributed by atoms with Crippen LogP contribution in [0.1, 0.15) is 46.0 Å². The van der Waals surface area contributed by atoms with Crippen LogP contribution in [-0.2, 0) is 0 Å². The fourth-order valence-electron chi connectivity index (χ4n) is 10.0. The molecule has 0 amide bonds. The van der Waals surface area contributed by atoms with Gasteiger partial charge in [0.2, 0.25) is 0 Å². The summed E-state index contributed by atoms with van der Waals surface area (Å²) >= 11 is 0. The number of aliphatic hydroxyl groups excluding tert-OH is 3. The molecule has 11 atom stereocenters. The van der Waals surface area contributed by atoms with Crippen molar-refractivity contribution in [2.24, 2.45) is 39.9 Å². The van der Waals surface area contributed by atoms with Crippen LogP contribution >= 0.6 is 0 Å². The Morgan fingerprint density at radius 2 is 1.96 bits per heavy atom. The summed E-state index contributed by atoms with van der Waals surface area (Å²) in [5.41, 5.74) is 0.616. The Bertz CT molecular complexity index is 695. The molecule has 2 spiro atoms. The molecule has 26 heavy (non-hydrogen) atoms. The van der Waals surface area contributed by atoms with Crippen LogP contribution in [0.25, 0.3) is 0 Å². The fraction of sp³-hybridized carbons (Fsp3) is 0.909. The lowest BCUT2D eigenvalue weighted by atomic mass is 9.38. The first-order chi connectivity index (χ1) is 12.3. The van der Waals surface area contributed by atoms with Crippen LogP contribution in [0.2, 0.25) is 0 Å². The predicted octanol–water partition coefficient (Wildman–Crippen LogP) is 1.79. The van der Waals surface area contributed by atoms with E-state index >= 15 is 0 Å². The van der Waals surface area contributed by atoms with Crippen LogP contribution in [0.5, 0.6) is 0 Å². The zero-order chi connectivity index (χ0) is 18.2. The van der Waals surface area contributed by atoms with Gasteiger partial charge in [-0.05, 0) is 61.5 Å². The molecular formula is C22H33NO3. The number of likely N-dealkylation sites (tertiary alicyclic amines) is 1. The third kappa shape index (κ3) is 1.34. The van der Waals surface area contributed by atoms with Gasteiger partial charge in [0, 0.05) is 35.3 Å². The molecule has 7 rings (SSSR count). The Morgan fingerprint density at radius 1 is 1.19 bits per heavy atom. The first kappa shape index (κ1) is 16.5. The van der Waals surface area contributed by atoms with Gasteiger partial charge in [-0.2, -0.15) is 0 Å². The summed E-state index contributed by atoms with van der Waals surface area (Å²) in [5.74, 6) is 0.921. The summed E-state index contributed by atoms with van der Waals surface area (Å²) in [4.78, 5) is 2.62. The summed E-state index contributed by atoms with van der Waals surface area (Å²) in [6.07, 6.45) is 3.73. The van der Waals surface area contributed by atoms with Crippen LogP contribution in [0.4, 0.5) is 0 Å². The minimum Gasteiger partial charge on any atom is -0.392 e. The largest absolute Gasteiger partial charge is 0.392 e. The first-order valence-electron chi connectivity index (χ1n) is 10.8. The number of aliphatic hydroxyl groups is 3. The normalized spacial score (nSPS) is 65.5. The maximum Gasteiger partial charge on any atom is 0.0814 e. The molecule has 0 radical (unpaired) electrons. The van der Waals surface area contributed by atoms with Crippen molar-refractivity contribution in [2.75, 3.05) is 13.1 Å². The predicted molar refractivity (Wildman–Crippen MR) is 98.2 cm³/mol. The van der Waals surface area contributed by atoms with Crippen molar-refractivity contribution in [3.8, 4) is 0 Å². The Hall–Kier alpha value is -0.420. The van der Waals surface area contributed by atoms with Gasteiger partial charge in [-0.15, -0.1) is 0 Å². The van der Waals surface area contributed by atoms with Crippen molar-refractivity contribution in [2.45, 2.75) is 70.3 Å². The van der Waals surface area contributed by atoms with E-state index in [0.29, 0.717) is 17.9 Å². The molecule has 7 fully saturated rings. The van der Waals surface area contributed by atoms with E-state index < -0.39 is 12.2 Å². The van der Waals surface area contributed by atoms with Gasteiger partial charge in [0.25, 0.3) is 0 Å². The van der Waals surface area contributed by atoms with E-state index in [9.17, 15) is 15.3 Å². The summed E-state index contributed by atoms with van der Waals surface area (Å²) < 4.78 is 0. The van der Waals surface area contributed by atoms with E-state index in [0.717, 1.165) is 50.8 Å². The van der Waals surface area contributed by atoms with E-state index in [2.05, 4.69) is 25.3 Å². The third-order valence-corrected chi connectivity index (χ3v) is 10.5. The minimum atomic E-state index is -0.500.